The molecule has 1 amide bonds. The number of esters is 1. The smallest absolute Gasteiger partial charge is 0.340 e. The van der Waals surface area contributed by atoms with E-state index in [4.69, 9.17) is 4.74 Å². The highest BCUT2D eigenvalue weighted by molar-refractivity contribution is 8.00. The number of fused-ring (bicyclic) bond motifs is 1. The molecule has 0 aliphatic carbocycles. The van der Waals surface area contributed by atoms with Crippen LogP contribution in [-0.2, 0) is 19.1 Å². The first-order valence-electron chi connectivity index (χ1n) is 5.80. The molecule has 2 aliphatic heterocycles. The maximum atomic E-state index is 12.1. The van der Waals surface area contributed by atoms with E-state index in [9.17, 15) is 14.4 Å². The van der Waals surface area contributed by atoms with E-state index < -0.39 is 11.5 Å². The van der Waals surface area contributed by atoms with Crippen molar-refractivity contribution in [2.24, 2.45) is 5.41 Å². The summed E-state index contributed by atoms with van der Waals surface area (Å²) in [5.74, 6) is -0.918. The van der Waals surface area contributed by atoms with Gasteiger partial charge in [0.15, 0.2) is 5.78 Å². The summed E-state index contributed by atoms with van der Waals surface area (Å²) in [5.41, 5.74) is -1.57. The zero-order valence-corrected chi connectivity index (χ0v) is 11.8. The van der Waals surface area contributed by atoms with Gasteiger partial charge in [0.2, 0.25) is 11.4 Å². The van der Waals surface area contributed by atoms with Crippen LogP contribution in [0.15, 0.2) is 0 Å². The Morgan fingerprint density at radius 2 is 2.06 bits per heavy atom. The molecule has 0 aromatic rings. The molecule has 6 heteroatoms. The molecule has 0 aromatic carbocycles. The lowest BCUT2D eigenvalue weighted by Crippen LogP contribution is -2.57. The molecule has 0 spiro atoms. The third-order valence-electron chi connectivity index (χ3n) is 3.40. The molecule has 0 aromatic heterocycles. The number of ether oxygens (including phenoxy) is 1. The lowest BCUT2D eigenvalue weighted by molar-refractivity contribution is -0.159. The van der Waals surface area contributed by atoms with Crippen molar-refractivity contribution in [2.45, 2.75) is 38.1 Å². The van der Waals surface area contributed by atoms with Gasteiger partial charge in [0.25, 0.3) is 0 Å². The molecule has 0 saturated carbocycles. The standard InChI is InChI=1S/C12H17NO4S/c1-11(2,3)9-13-8(15)5-7(14)12(13,6-18-9)10(16)17-4/h9H,5-6H2,1-4H3/t9-,12-/m1/s1. The molecular formula is C12H17NO4S. The van der Waals surface area contributed by atoms with Crippen molar-refractivity contribution in [3.8, 4) is 0 Å². The molecule has 2 rings (SSSR count). The molecule has 0 radical (unpaired) electrons. The summed E-state index contributed by atoms with van der Waals surface area (Å²) < 4.78 is 4.75. The lowest BCUT2D eigenvalue weighted by Gasteiger charge is -2.36. The van der Waals surface area contributed by atoms with Crippen LogP contribution in [0.2, 0.25) is 0 Å². The Morgan fingerprint density at radius 3 is 2.56 bits per heavy atom. The molecule has 0 bridgehead atoms. The molecule has 2 heterocycles. The Kier molecular flexibility index (Phi) is 2.96. The number of carbonyl (C=O) groups is 3. The summed E-state index contributed by atoms with van der Waals surface area (Å²) in [4.78, 5) is 37.6. The SMILES string of the molecule is COC(=O)[C@]12CS[C@H](C(C)(C)C)N1C(=O)CC2=O. The predicted octanol–water partition coefficient (Wildman–Crippen LogP) is 0.819. The average molecular weight is 271 g/mol. The van der Waals surface area contributed by atoms with Crippen LogP contribution >= 0.6 is 11.8 Å². The number of thioether (sulfide) groups is 1. The van der Waals surface area contributed by atoms with Crippen molar-refractivity contribution in [3.05, 3.63) is 0 Å². The van der Waals surface area contributed by atoms with Crippen molar-refractivity contribution in [1.82, 2.24) is 4.90 Å². The van der Waals surface area contributed by atoms with E-state index in [-0.39, 0.29) is 28.9 Å². The van der Waals surface area contributed by atoms with Gasteiger partial charge in [-0.2, -0.15) is 0 Å². The summed E-state index contributed by atoms with van der Waals surface area (Å²) in [6.07, 6.45) is -0.192. The number of rotatable bonds is 1. The van der Waals surface area contributed by atoms with Crippen LogP contribution in [0.4, 0.5) is 0 Å². The minimum atomic E-state index is -1.38. The average Bonchev–Trinajstić information content (AvgIpc) is 2.77. The number of amides is 1. The number of Topliss-reactive ketones (excluding diaryl/α,β-unsaturated/α-hetero) is 1. The number of carbonyl (C=O) groups excluding carboxylic acids is 3. The van der Waals surface area contributed by atoms with Gasteiger partial charge in [0.1, 0.15) is 0 Å². The second-order valence-corrected chi connectivity index (χ2v) is 6.81. The first-order chi connectivity index (χ1) is 8.25. The summed E-state index contributed by atoms with van der Waals surface area (Å²) in [5, 5.41) is -0.171. The minimum absolute atomic E-state index is 0.171. The fourth-order valence-electron chi connectivity index (χ4n) is 2.55. The highest BCUT2D eigenvalue weighted by Gasteiger charge is 2.66. The maximum absolute atomic E-state index is 12.1. The van der Waals surface area contributed by atoms with Gasteiger partial charge in [0.05, 0.1) is 18.9 Å². The monoisotopic (exact) mass is 271 g/mol. The Morgan fingerprint density at radius 1 is 1.44 bits per heavy atom. The van der Waals surface area contributed by atoms with Crippen LogP contribution in [0.25, 0.3) is 0 Å². The van der Waals surface area contributed by atoms with Gasteiger partial charge in [-0.1, -0.05) is 20.8 Å². The molecule has 18 heavy (non-hydrogen) atoms. The van der Waals surface area contributed by atoms with Gasteiger partial charge in [-0.05, 0) is 5.41 Å². The van der Waals surface area contributed by atoms with E-state index in [0.717, 1.165) is 0 Å². The molecular weight excluding hydrogens is 254 g/mol. The Bertz CT molecular complexity index is 428. The topological polar surface area (TPSA) is 63.7 Å². The number of hydrogen-bond acceptors (Lipinski definition) is 5. The summed E-state index contributed by atoms with van der Waals surface area (Å²) in [6.45, 7) is 5.98. The third kappa shape index (κ3) is 1.58. The molecule has 2 fully saturated rings. The van der Waals surface area contributed by atoms with Crippen LogP contribution in [0, 0.1) is 5.41 Å². The van der Waals surface area contributed by atoms with E-state index in [1.807, 2.05) is 20.8 Å². The van der Waals surface area contributed by atoms with Crippen molar-refractivity contribution in [3.63, 3.8) is 0 Å². The zero-order valence-electron chi connectivity index (χ0n) is 11.0. The van der Waals surface area contributed by atoms with Crippen molar-refractivity contribution in [2.75, 3.05) is 12.9 Å². The van der Waals surface area contributed by atoms with Crippen molar-refractivity contribution >= 4 is 29.4 Å². The summed E-state index contributed by atoms with van der Waals surface area (Å²) in [7, 11) is 1.25. The van der Waals surface area contributed by atoms with Crippen LogP contribution in [0.5, 0.6) is 0 Å². The first-order valence-corrected chi connectivity index (χ1v) is 6.85. The molecule has 100 valence electrons. The number of nitrogens with zero attached hydrogens (tertiary/aromatic N) is 1. The van der Waals surface area contributed by atoms with Crippen molar-refractivity contribution < 1.29 is 19.1 Å². The van der Waals surface area contributed by atoms with E-state index >= 15 is 0 Å². The van der Waals surface area contributed by atoms with Gasteiger partial charge in [-0.15, -0.1) is 11.8 Å². The Balaban J connectivity index is 2.48. The first kappa shape index (κ1) is 13.4. The van der Waals surface area contributed by atoms with Crippen LogP contribution in [-0.4, -0.2) is 46.3 Å². The number of hydrogen-bond donors (Lipinski definition) is 0. The van der Waals surface area contributed by atoms with E-state index in [2.05, 4.69) is 0 Å². The lowest BCUT2D eigenvalue weighted by atomic mass is 9.91. The largest absolute Gasteiger partial charge is 0.467 e. The quantitative estimate of drug-likeness (QED) is 0.522. The number of methoxy groups -OCH3 is 1. The highest BCUT2D eigenvalue weighted by Crippen LogP contribution is 2.49. The zero-order chi connectivity index (χ0) is 13.7. The second-order valence-electron chi connectivity index (χ2n) is 5.74. The molecule has 5 nitrogen and oxygen atoms in total. The van der Waals surface area contributed by atoms with Gasteiger partial charge in [-0.25, -0.2) is 4.79 Å². The van der Waals surface area contributed by atoms with Crippen molar-refractivity contribution in [1.29, 1.82) is 0 Å². The number of ketones is 1. The minimum Gasteiger partial charge on any atom is -0.467 e. The van der Waals surface area contributed by atoms with Crippen LogP contribution < -0.4 is 0 Å². The van der Waals surface area contributed by atoms with Crippen LogP contribution in [0.1, 0.15) is 27.2 Å². The van der Waals surface area contributed by atoms with Gasteiger partial charge in [-0.3, -0.25) is 9.59 Å². The Labute approximate surface area is 110 Å². The second kappa shape index (κ2) is 3.98. The molecule has 2 atom stereocenters. The maximum Gasteiger partial charge on any atom is 0.340 e. The van der Waals surface area contributed by atoms with E-state index in [1.165, 1.54) is 23.8 Å². The van der Waals surface area contributed by atoms with Gasteiger partial charge >= 0.3 is 5.97 Å². The fourth-order valence-corrected chi connectivity index (χ4v) is 4.31. The van der Waals surface area contributed by atoms with Crippen LogP contribution in [0.3, 0.4) is 0 Å². The highest BCUT2D eigenvalue weighted by atomic mass is 32.2. The molecule has 0 N–H and O–H groups in total. The summed E-state index contributed by atoms with van der Waals surface area (Å²) in [6, 6.07) is 0. The predicted molar refractivity (Wildman–Crippen MR) is 66.9 cm³/mol. The van der Waals surface area contributed by atoms with E-state index in [0.29, 0.717) is 5.75 Å². The molecule has 2 aliphatic rings. The van der Waals surface area contributed by atoms with E-state index in [1.54, 1.807) is 0 Å². The molecule has 0 unspecified atom stereocenters. The van der Waals surface area contributed by atoms with Gasteiger partial charge in [0, 0.05) is 5.75 Å². The third-order valence-corrected chi connectivity index (χ3v) is 5.22. The summed E-state index contributed by atoms with van der Waals surface area (Å²) >= 11 is 1.47. The van der Waals surface area contributed by atoms with Gasteiger partial charge < -0.3 is 9.64 Å². The molecule has 2 saturated heterocycles. The fraction of sp³-hybridized carbons (Fsp3) is 0.750. The normalized spacial score (nSPS) is 31.8. The Hall–Kier alpha value is -1.04.